The monoisotopic (exact) mass is 242 g/mol. The van der Waals surface area contributed by atoms with Gasteiger partial charge in [-0.2, -0.15) is 0 Å². The fraction of sp³-hybridized carbons (Fsp3) is 0. The second kappa shape index (κ2) is 5.72. The van der Waals surface area contributed by atoms with Gasteiger partial charge in [0.05, 0.1) is 0 Å². The summed E-state index contributed by atoms with van der Waals surface area (Å²) in [5.74, 6) is -0.598. The summed E-state index contributed by atoms with van der Waals surface area (Å²) in [4.78, 5) is 15.4. The summed E-state index contributed by atoms with van der Waals surface area (Å²) < 4.78 is 12.7. The molecule has 0 aliphatic carbocycles. The first kappa shape index (κ1) is 12.0. The summed E-state index contributed by atoms with van der Waals surface area (Å²) >= 11 is 0. The van der Waals surface area contributed by atoms with Gasteiger partial charge in [-0.05, 0) is 48.0 Å². The second-order valence-corrected chi connectivity index (χ2v) is 3.61. The molecule has 1 N–H and O–H groups in total. The Morgan fingerprint density at radius 1 is 1.11 bits per heavy atom. The Morgan fingerprint density at radius 2 is 1.78 bits per heavy atom. The number of carbonyl (C=O) groups excluding carboxylic acids is 1. The summed E-state index contributed by atoms with van der Waals surface area (Å²) in [6.45, 7) is 0. The highest BCUT2D eigenvalue weighted by atomic mass is 19.1. The summed E-state index contributed by atoms with van der Waals surface area (Å²) in [6.07, 6.45) is 6.40. The Bertz CT molecular complexity index is 550. The van der Waals surface area contributed by atoms with Gasteiger partial charge in [0.15, 0.2) is 0 Å². The van der Waals surface area contributed by atoms with Crippen molar-refractivity contribution >= 4 is 17.7 Å². The molecule has 0 aliphatic heterocycles. The summed E-state index contributed by atoms with van der Waals surface area (Å²) in [5.41, 5.74) is 1.44. The third kappa shape index (κ3) is 3.52. The van der Waals surface area contributed by atoms with Crippen molar-refractivity contribution in [1.29, 1.82) is 0 Å². The van der Waals surface area contributed by atoms with Crippen molar-refractivity contribution in [2.24, 2.45) is 0 Å². The maximum atomic E-state index is 12.7. The van der Waals surface area contributed by atoms with E-state index in [9.17, 15) is 9.18 Å². The minimum Gasteiger partial charge on any atom is -0.323 e. The van der Waals surface area contributed by atoms with Crippen LogP contribution in [0.5, 0.6) is 0 Å². The second-order valence-electron chi connectivity index (χ2n) is 3.61. The smallest absolute Gasteiger partial charge is 0.248 e. The molecular formula is C14H11FN2O. The molecule has 1 amide bonds. The van der Waals surface area contributed by atoms with E-state index in [1.54, 1.807) is 30.6 Å². The number of halogens is 1. The van der Waals surface area contributed by atoms with Gasteiger partial charge < -0.3 is 5.32 Å². The largest absolute Gasteiger partial charge is 0.323 e. The molecule has 1 aromatic carbocycles. The number of hydrogen-bond donors (Lipinski definition) is 1. The van der Waals surface area contributed by atoms with Gasteiger partial charge in [0.25, 0.3) is 0 Å². The Labute approximate surface area is 104 Å². The fourth-order valence-corrected chi connectivity index (χ4v) is 1.36. The molecule has 0 saturated heterocycles. The van der Waals surface area contributed by atoms with Gasteiger partial charge in [-0.15, -0.1) is 0 Å². The molecule has 3 nitrogen and oxygen atoms in total. The quantitative estimate of drug-likeness (QED) is 0.841. The van der Waals surface area contributed by atoms with Gasteiger partial charge in [0.2, 0.25) is 5.91 Å². The SMILES string of the molecule is O=C(C=Cc1ccncc1)Nc1ccc(F)cc1. The van der Waals surface area contributed by atoms with Crippen LogP contribution >= 0.6 is 0 Å². The minimum absolute atomic E-state index is 0.265. The number of aromatic nitrogens is 1. The standard InChI is InChI=1S/C14H11FN2O/c15-12-2-4-13(5-3-12)17-14(18)6-1-11-7-9-16-10-8-11/h1-10H,(H,17,18). The van der Waals surface area contributed by atoms with E-state index in [2.05, 4.69) is 10.3 Å². The van der Waals surface area contributed by atoms with Crippen LogP contribution in [0.3, 0.4) is 0 Å². The Hall–Kier alpha value is -2.49. The highest BCUT2D eigenvalue weighted by Gasteiger charge is 1.97. The van der Waals surface area contributed by atoms with Crippen molar-refractivity contribution in [1.82, 2.24) is 4.98 Å². The van der Waals surface area contributed by atoms with Crippen LogP contribution in [-0.2, 0) is 4.79 Å². The van der Waals surface area contributed by atoms with E-state index in [0.717, 1.165) is 5.56 Å². The number of hydrogen-bond acceptors (Lipinski definition) is 2. The average Bonchev–Trinajstić information content (AvgIpc) is 2.40. The van der Waals surface area contributed by atoms with Crippen LogP contribution in [0.15, 0.2) is 54.9 Å². The first-order chi connectivity index (χ1) is 8.74. The first-order valence-electron chi connectivity index (χ1n) is 5.39. The van der Waals surface area contributed by atoms with Gasteiger partial charge >= 0.3 is 0 Å². The normalized spacial score (nSPS) is 10.5. The minimum atomic E-state index is -0.333. The molecule has 0 atom stereocenters. The maximum Gasteiger partial charge on any atom is 0.248 e. The zero-order chi connectivity index (χ0) is 12.8. The van der Waals surface area contributed by atoms with E-state index in [1.807, 2.05) is 0 Å². The number of nitrogens with zero attached hydrogens (tertiary/aromatic N) is 1. The van der Waals surface area contributed by atoms with E-state index in [-0.39, 0.29) is 11.7 Å². The molecule has 0 radical (unpaired) electrons. The number of pyridine rings is 1. The molecule has 0 spiro atoms. The molecule has 1 aromatic heterocycles. The van der Waals surface area contributed by atoms with Crippen LogP contribution in [0.1, 0.15) is 5.56 Å². The van der Waals surface area contributed by atoms with Crippen LogP contribution in [-0.4, -0.2) is 10.9 Å². The van der Waals surface area contributed by atoms with Crippen molar-refractivity contribution in [2.75, 3.05) is 5.32 Å². The van der Waals surface area contributed by atoms with Crippen LogP contribution in [0.2, 0.25) is 0 Å². The van der Waals surface area contributed by atoms with E-state index in [4.69, 9.17) is 0 Å². The van der Waals surface area contributed by atoms with E-state index in [0.29, 0.717) is 5.69 Å². The van der Waals surface area contributed by atoms with Crippen LogP contribution in [0, 0.1) is 5.82 Å². The van der Waals surface area contributed by atoms with Crippen molar-refractivity contribution in [3.8, 4) is 0 Å². The fourth-order valence-electron chi connectivity index (χ4n) is 1.36. The third-order valence-corrected chi connectivity index (χ3v) is 2.25. The molecule has 2 rings (SSSR count). The number of nitrogens with one attached hydrogen (secondary N) is 1. The van der Waals surface area contributed by atoms with Gasteiger partial charge in [0.1, 0.15) is 5.82 Å². The molecule has 0 fully saturated rings. The van der Waals surface area contributed by atoms with Crippen molar-refractivity contribution in [2.45, 2.75) is 0 Å². The first-order valence-corrected chi connectivity index (χ1v) is 5.39. The van der Waals surface area contributed by atoms with E-state index in [1.165, 1.54) is 30.3 Å². The Kier molecular flexibility index (Phi) is 3.81. The lowest BCUT2D eigenvalue weighted by Crippen LogP contribution is -2.07. The molecule has 18 heavy (non-hydrogen) atoms. The van der Waals surface area contributed by atoms with Crippen molar-refractivity contribution < 1.29 is 9.18 Å². The molecule has 0 saturated carbocycles. The predicted molar refractivity (Wildman–Crippen MR) is 68.3 cm³/mol. The number of amides is 1. The lowest BCUT2D eigenvalue weighted by atomic mass is 10.2. The van der Waals surface area contributed by atoms with E-state index < -0.39 is 0 Å². The third-order valence-electron chi connectivity index (χ3n) is 2.25. The highest BCUT2D eigenvalue weighted by Crippen LogP contribution is 2.08. The van der Waals surface area contributed by atoms with Crippen molar-refractivity contribution in [3.63, 3.8) is 0 Å². The molecule has 4 heteroatoms. The molecule has 0 bridgehead atoms. The average molecular weight is 242 g/mol. The predicted octanol–water partition coefficient (Wildman–Crippen LogP) is 2.87. The Morgan fingerprint density at radius 3 is 2.44 bits per heavy atom. The van der Waals surface area contributed by atoms with E-state index >= 15 is 0 Å². The number of rotatable bonds is 3. The maximum absolute atomic E-state index is 12.7. The molecule has 1 heterocycles. The van der Waals surface area contributed by atoms with Gasteiger partial charge in [-0.25, -0.2) is 4.39 Å². The number of benzene rings is 1. The molecular weight excluding hydrogens is 231 g/mol. The van der Waals surface area contributed by atoms with Crippen LogP contribution in [0.25, 0.3) is 6.08 Å². The highest BCUT2D eigenvalue weighted by molar-refractivity contribution is 6.01. The van der Waals surface area contributed by atoms with Gasteiger partial charge in [-0.3, -0.25) is 9.78 Å². The molecule has 0 aliphatic rings. The summed E-state index contributed by atoms with van der Waals surface area (Å²) in [5, 5.41) is 2.63. The summed E-state index contributed by atoms with van der Waals surface area (Å²) in [6, 6.07) is 9.19. The molecule has 0 unspecified atom stereocenters. The lowest BCUT2D eigenvalue weighted by Gasteiger charge is -2.01. The van der Waals surface area contributed by atoms with Gasteiger partial charge in [0, 0.05) is 24.2 Å². The zero-order valence-corrected chi connectivity index (χ0v) is 9.51. The number of anilines is 1. The molecule has 90 valence electrons. The zero-order valence-electron chi connectivity index (χ0n) is 9.51. The molecule has 2 aromatic rings. The van der Waals surface area contributed by atoms with Gasteiger partial charge in [-0.1, -0.05) is 0 Å². The topological polar surface area (TPSA) is 42.0 Å². The lowest BCUT2D eigenvalue weighted by molar-refractivity contribution is -0.111. The summed E-state index contributed by atoms with van der Waals surface area (Å²) in [7, 11) is 0. The van der Waals surface area contributed by atoms with Crippen LogP contribution in [0.4, 0.5) is 10.1 Å². The number of carbonyl (C=O) groups is 1. The van der Waals surface area contributed by atoms with Crippen molar-refractivity contribution in [3.05, 3.63) is 66.2 Å². The van der Waals surface area contributed by atoms with Crippen LogP contribution < -0.4 is 5.32 Å². The Balaban J connectivity index is 1.97.